The molecule has 1 amide bonds. The first-order valence-electron chi connectivity index (χ1n) is 6.00. The standard InChI is InChI=1S/C12H17N3O5S2/c1-7-6-10(22(3,19)20)9(21(2,17)18)5-4-8(7)11(16)15-12(13)14/h4,6H,5H2,1-3H3,(H4,13,14,15,16). The average Bonchev–Trinajstić information content (AvgIpc) is 2.45. The summed E-state index contributed by atoms with van der Waals surface area (Å²) in [5, 5.41) is 0. The van der Waals surface area contributed by atoms with Gasteiger partial charge in [-0.15, -0.1) is 0 Å². The maximum atomic E-state index is 11.9. The molecule has 0 heterocycles. The van der Waals surface area contributed by atoms with E-state index in [2.05, 4.69) is 4.99 Å². The van der Waals surface area contributed by atoms with Gasteiger partial charge in [0.25, 0.3) is 5.91 Å². The van der Waals surface area contributed by atoms with Crippen LogP contribution in [0.5, 0.6) is 0 Å². The molecule has 0 aromatic rings. The highest BCUT2D eigenvalue weighted by Crippen LogP contribution is 2.29. The molecule has 0 aromatic heterocycles. The van der Waals surface area contributed by atoms with Crippen LogP contribution in [0, 0.1) is 0 Å². The highest BCUT2D eigenvalue weighted by atomic mass is 32.2. The molecule has 122 valence electrons. The highest BCUT2D eigenvalue weighted by molar-refractivity contribution is 7.98. The number of aliphatic imine (C=N–C) groups is 1. The Balaban J connectivity index is 3.58. The fourth-order valence-corrected chi connectivity index (χ4v) is 4.50. The molecule has 0 unspecified atom stereocenters. The Morgan fingerprint density at radius 1 is 1.14 bits per heavy atom. The van der Waals surface area contributed by atoms with Gasteiger partial charge >= 0.3 is 0 Å². The summed E-state index contributed by atoms with van der Waals surface area (Å²) in [6, 6.07) is 0. The van der Waals surface area contributed by atoms with E-state index in [1.807, 2.05) is 0 Å². The van der Waals surface area contributed by atoms with Crippen LogP contribution in [0.25, 0.3) is 0 Å². The van der Waals surface area contributed by atoms with Gasteiger partial charge in [-0.05, 0) is 18.6 Å². The summed E-state index contributed by atoms with van der Waals surface area (Å²) in [7, 11) is -7.55. The number of amides is 1. The molecule has 0 fully saturated rings. The van der Waals surface area contributed by atoms with E-state index in [4.69, 9.17) is 11.5 Å². The van der Waals surface area contributed by atoms with E-state index < -0.39 is 31.5 Å². The third kappa shape index (κ3) is 4.28. The van der Waals surface area contributed by atoms with Crippen molar-refractivity contribution in [3.05, 3.63) is 33.1 Å². The molecule has 1 rings (SSSR count). The number of nitrogens with two attached hydrogens (primary N) is 2. The molecule has 0 saturated heterocycles. The largest absolute Gasteiger partial charge is 0.370 e. The summed E-state index contributed by atoms with van der Waals surface area (Å²) in [5.41, 5.74) is 10.6. The molecular formula is C12H17N3O5S2. The Bertz CT molecular complexity index is 839. The number of sulfone groups is 2. The van der Waals surface area contributed by atoms with E-state index in [1.54, 1.807) is 0 Å². The van der Waals surface area contributed by atoms with Crippen molar-refractivity contribution in [2.45, 2.75) is 13.3 Å². The van der Waals surface area contributed by atoms with Crippen molar-refractivity contribution in [2.75, 3.05) is 12.5 Å². The first kappa shape index (κ1) is 18.1. The zero-order valence-electron chi connectivity index (χ0n) is 12.3. The minimum Gasteiger partial charge on any atom is -0.370 e. The zero-order valence-corrected chi connectivity index (χ0v) is 14.0. The van der Waals surface area contributed by atoms with E-state index in [0.29, 0.717) is 0 Å². The normalized spacial score (nSPS) is 16.5. The molecular weight excluding hydrogens is 330 g/mol. The lowest BCUT2D eigenvalue weighted by Crippen LogP contribution is -2.24. The van der Waals surface area contributed by atoms with Crippen LogP contribution in [0.15, 0.2) is 38.1 Å². The lowest BCUT2D eigenvalue weighted by molar-refractivity contribution is -0.114. The monoisotopic (exact) mass is 347 g/mol. The number of hydrogen-bond donors (Lipinski definition) is 2. The van der Waals surface area contributed by atoms with Crippen LogP contribution in [0.2, 0.25) is 0 Å². The Kier molecular flexibility index (Phi) is 4.98. The lowest BCUT2D eigenvalue weighted by Gasteiger charge is -2.06. The second kappa shape index (κ2) is 6.05. The van der Waals surface area contributed by atoms with E-state index in [9.17, 15) is 21.6 Å². The van der Waals surface area contributed by atoms with Crippen molar-refractivity contribution < 1.29 is 21.6 Å². The number of carbonyl (C=O) groups is 1. The summed E-state index contributed by atoms with van der Waals surface area (Å²) in [6.45, 7) is 1.47. The van der Waals surface area contributed by atoms with Crippen LogP contribution in [0.1, 0.15) is 13.3 Å². The van der Waals surface area contributed by atoms with Gasteiger partial charge in [-0.2, -0.15) is 4.99 Å². The Morgan fingerprint density at radius 2 is 1.68 bits per heavy atom. The van der Waals surface area contributed by atoms with Gasteiger partial charge in [-0.1, -0.05) is 6.08 Å². The van der Waals surface area contributed by atoms with E-state index in [0.717, 1.165) is 18.6 Å². The van der Waals surface area contributed by atoms with Crippen LogP contribution < -0.4 is 11.5 Å². The van der Waals surface area contributed by atoms with Gasteiger partial charge in [0.1, 0.15) is 0 Å². The first-order chi connectivity index (χ1) is 9.84. The molecule has 0 saturated carbocycles. The molecule has 0 spiro atoms. The topological polar surface area (TPSA) is 150 Å². The molecule has 1 aliphatic carbocycles. The number of hydrogen-bond acceptors (Lipinski definition) is 5. The van der Waals surface area contributed by atoms with E-state index in [-0.39, 0.29) is 27.4 Å². The second-order valence-electron chi connectivity index (χ2n) is 4.82. The summed E-state index contributed by atoms with van der Waals surface area (Å²) < 4.78 is 47.4. The first-order valence-corrected chi connectivity index (χ1v) is 9.78. The number of nitrogens with zero attached hydrogens (tertiary/aromatic N) is 1. The van der Waals surface area contributed by atoms with Crippen LogP contribution in [0.3, 0.4) is 0 Å². The van der Waals surface area contributed by atoms with Crippen LogP contribution >= 0.6 is 0 Å². The predicted octanol–water partition coefficient (Wildman–Crippen LogP) is -0.636. The Labute approximate surface area is 129 Å². The number of rotatable bonds is 3. The Morgan fingerprint density at radius 3 is 2.09 bits per heavy atom. The highest BCUT2D eigenvalue weighted by Gasteiger charge is 2.26. The van der Waals surface area contributed by atoms with Gasteiger partial charge in [0.05, 0.1) is 9.81 Å². The van der Waals surface area contributed by atoms with Gasteiger partial charge in [-0.25, -0.2) is 16.8 Å². The molecule has 22 heavy (non-hydrogen) atoms. The maximum absolute atomic E-state index is 11.9. The average molecular weight is 347 g/mol. The summed E-state index contributed by atoms with van der Waals surface area (Å²) >= 11 is 0. The van der Waals surface area contributed by atoms with E-state index in [1.165, 1.54) is 13.0 Å². The van der Waals surface area contributed by atoms with Crippen LogP contribution in [0.4, 0.5) is 0 Å². The molecule has 10 heteroatoms. The van der Waals surface area contributed by atoms with Gasteiger partial charge < -0.3 is 11.5 Å². The minimum absolute atomic E-state index is 0.0493. The van der Waals surface area contributed by atoms with Gasteiger partial charge in [0.2, 0.25) is 0 Å². The number of allylic oxidation sites excluding steroid dienone is 3. The fourth-order valence-electron chi connectivity index (χ4n) is 1.89. The summed E-state index contributed by atoms with van der Waals surface area (Å²) in [5.74, 6) is -1.21. The van der Waals surface area contributed by atoms with Gasteiger partial charge in [0, 0.05) is 24.5 Å². The minimum atomic E-state index is -3.79. The maximum Gasteiger partial charge on any atom is 0.280 e. The number of guanidine groups is 1. The van der Waals surface area contributed by atoms with Crippen molar-refractivity contribution in [1.82, 2.24) is 0 Å². The van der Waals surface area contributed by atoms with Crippen molar-refractivity contribution in [3.8, 4) is 0 Å². The van der Waals surface area contributed by atoms with Crippen molar-refractivity contribution in [3.63, 3.8) is 0 Å². The quantitative estimate of drug-likeness (QED) is 0.509. The summed E-state index contributed by atoms with van der Waals surface area (Å²) in [4.78, 5) is 14.7. The predicted molar refractivity (Wildman–Crippen MR) is 84.0 cm³/mol. The lowest BCUT2D eigenvalue weighted by atomic mass is 10.1. The van der Waals surface area contributed by atoms with Crippen LogP contribution in [-0.2, 0) is 24.5 Å². The van der Waals surface area contributed by atoms with Crippen LogP contribution in [-0.4, -0.2) is 41.2 Å². The molecule has 0 radical (unpaired) electrons. The molecule has 0 aliphatic heterocycles. The van der Waals surface area contributed by atoms with E-state index >= 15 is 0 Å². The molecule has 0 aromatic carbocycles. The van der Waals surface area contributed by atoms with Crippen molar-refractivity contribution >= 4 is 31.5 Å². The molecule has 0 bridgehead atoms. The molecule has 4 N–H and O–H groups in total. The third-order valence-electron chi connectivity index (χ3n) is 2.85. The smallest absolute Gasteiger partial charge is 0.280 e. The van der Waals surface area contributed by atoms with Crippen molar-refractivity contribution in [2.24, 2.45) is 16.5 Å². The van der Waals surface area contributed by atoms with Gasteiger partial charge in [-0.3, -0.25) is 4.79 Å². The van der Waals surface area contributed by atoms with Gasteiger partial charge in [0.15, 0.2) is 25.6 Å². The molecule has 0 atom stereocenters. The molecule has 1 aliphatic rings. The number of carbonyl (C=O) groups excluding carboxylic acids is 1. The SMILES string of the molecule is CC1=CC(S(C)(=O)=O)=C(S(C)(=O)=O)CC=C1C(=O)N=C(N)N. The molecule has 8 nitrogen and oxygen atoms in total. The van der Waals surface area contributed by atoms with Crippen molar-refractivity contribution in [1.29, 1.82) is 0 Å². The zero-order chi connectivity index (χ0) is 17.3. The Hall–Kier alpha value is -1.94. The second-order valence-corrected chi connectivity index (χ2v) is 8.84. The third-order valence-corrected chi connectivity index (χ3v) is 5.42. The fraction of sp³-hybridized carbons (Fsp3) is 0.333. The summed E-state index contributed by atoms with van der Waals surface area (Å²) in [6.07, 6.45) is 4.02.